The van der Waals surface area contributed by atoms with Crippen LogP contribution in [0.25, 0.3) is 0 Å². The maximum atomic E-state index is 14.7. The van der Waals surface area contributed by atoms with Crippen molar-refractivity contribution in [1.82, 2.24) is 10.2 Å². The van der Waals surface area contributed by atoms with Gasteiger partial charge in [-0.15, -0.1) is 0 Å². The van der Waals surface area contributed by atoms with E-state index in [9.17, 15) is 18.0 Å². The molecule has 4 aromatic carbocycles. The fourth-order valence-corrected chi connectivity index (χ4v) is 6.90. The van der Waals surface area contributed by atoms with Crippen molar-refractivity contribution < 1.29 is 22.7 Å². The number of aryl methyl sites for hydroxylation is 1. The van der Waals surface area contributed by atoms with Crippen LogP contribution in [0, 0.1) is 6.92 Å². The van der Waals surface area contributed by atoms with Crippen molar-refractivity contribution >= 4 is 50.7 Å². The molecular weight excluding hydrogens is 657 g/mol. The second kappa shape index (κ2) is 16.2. The van der Waals surface area contributed by atoms with Gasteiger partial charge in [0, 0.05) is 40.7 Å². The Morgan fingerprint density at radius 1 is 0.894 bits per heavy atom. The Morgan fingerprint density at radius 2 is 1.53 bits per heavy atom. The maximum absolute atomic E-state index is 14.7. The van der Waals surface area contributed by atoms with Crippen molar-refractivity contribution in [3.63, 3.8) is 0 Å². The summed E-state index contributed by atoms with van der Waals surface area (Å²) in [5.41, 5.74) is 2.36. The highest BCUT2D eigenvalue weighted by Gasteiger charge is 2.35. The van der Waals surface area contributed by atoms with Gasteiger partial charge < -0.3 is 15.0 Å². The minimum absolute atomic E-state index is 0.00904. The third kappa shape index (κ3) is 9.06. The number of anilines is 1. The first kappa shape index (κ1) is 35.8. The summed E-state index contributed by atoms with van der Waals surface area (Å²) in [6.07, 6.45) is 0.841. The van der Waals surface area contributed by atoms with Crippen molar-refractivity contribution in [2.24, 2.45) is 0 Å². The van der Waals surface area contributed by atoms with E-state index >= 15 is 0 Å². The number of halogens is 2. The van der Waals surface area contributed by atoms with Crippen LogP contribution in [0.4, 0.5) is 5.69 Å². The minimum Gasteiger partial charge on any atom is -0.497 e. The second-order valence-corrected chi connectivity index (χ2v) is 13.9. The first-order valence-corrected chi connectivity index (χ1v) is 17.4. The van der Waals surface area contributed by atoms with E-state index in [0.29, 0.717) is 27.8 Å². The minimum atomic E-state index is -4.26. The van der Waals surface area contributed by atoms with E-state index in [1.54, 1.807) is 54.6 Å². The predicted molar refractivity (Wildman–Crippen MR) is 188 cm³/mol. The lowest BCUT2D eigenvalue weighted by molar-refractivity contribution is -0.140. The molecule has 0 aliphatic heterocycles. The fourth-order valence-electron chi connectivity index (χ4n) is 4.98. The second-order valence-electron chi connectivity index (χ2n) is 11.3. The Labute approximate surface area is 287 Å². The fraction of sp³-hybridized carbons (Fsp3) is 0.278. The van der Waals surface area contributed by atoms with E-state index < -0.39 is 28.5 Å². The average Bonchev–Trinajstić information content (AvgIpc) is 3.06. The molecular formula is C36H39Cl2N3O5S. The number of nitrogens with one attached hydrogen (secondary N) is 1. The molecule has 4 aromatic rings. The molecule has 2 amide bonds. The van der Waals surface area contributed by atoms with E-state index in [-0.39, 0.29) is 35.5 Å². The van der Waals surface area contributed by atoms with Gasteiger partial charge in [0.1, 0.15) is 18.3 Å². The molecule has 0 radical (unpaired) electrons. The third-order valence-corrected chi connectivity index (χ3v) is 10.4. The molecule has 0 fully saturated rings. The van der Waals surface area contributed by atoms with E-state index in [2.05, 4.69) is 5.32 Å². The van der Waals surface area contributed by atoms with Gasteiger partial charge in [-0.25, -0.2) is 8.42 Å². The molecule has 0 heterocycles. The molecule has 11 heteroatoms. The van der Waals surface area contributed by atoms with Crippen LogP contribution in [0.3, 0.4) is 0 Å². The molecule has 0 aromatic heterocycles. The molecule has 0 spiro atoms. The summed E-state index contributed by atoms with van der Waals surface area (Å²) in [6.45, 7) is 4.93. The molecule has 0 unspecified atom stereocenters. The van der Waals surface area contributed by atoms with Gasteiger partial charge >= 0.3 is 0 Å². The quantitative estimate of drug-likeness (QED) is 0.152. The molecule has 8 nitrogen and oxygen atoms in total. The first-order valence-electron chi connectivity index (χ1n) is 15.2. The highest BCUT2D eigenvalue weighted by molar-refractivity contribution is 7.92. The van der Waals surface area contributed by atoms with Crippen LogP contribution in [0.2, 0.25) is 10.0 Å². The van der Waals surface area contributed by atoms with Crippen LogP contribution >= 0.6 is 23.2 Å². The zero-order valence-electron chi connectivity index (χ0n) is 26.8. The van der Waals surface area contributed by atoms with Crippen molar-refractivity contribution in [2.75, 3.05) is 18.0 Å². The van der Waals surface area contributed by atoms with Gasteiger partial charge in [0.15, 0.2) is 0 Å². The smallest absolute Gasteiger partial charge is 0.264 e. The summed E-state index contributed by atoms with van der Waals surface area (Å²) in [5.74, 6) is -0.595. The lowest BCUT2D eigenvalue weighted by atomic mass is 10.0. The van der Waals surface area contributed by atoms with E-state index in [1.807, 2.05) is 51.1 Å². The van der Waals surface area contributed by atoms with E-state index in [1.165, 1.54) is 24.1 Å². The Morgan fingerprint density at radius 3 is 2.15 bits per heavy atom. The zero-order chi connectivity index (χ0) is 34.1. The summed E-state index contributed by atoms with van der Waals surface area (Å²) >= 11 is 13.2. The molecule has 1 N–H and O–H groups in total. The molecule has 0 aliphatic rings. The molecule has 0 saturated carbocycles. The van der Waals surface area contributed by atoms with Crippen LogP contribution in [-0.4, -0.2) is 50.9 Å². The highest BCUT2D eigenvalue weighted by Crippen LogP contribution is 2.30. The molecule has 47 heavy (non-hydrogen) atoms. The summed E-state index contributed by atoms with van der Waals surface area (Å²) in [4.78, 5) is 30.0. The molecule has 2 atom stereocenters. The molecule has 0 bridgehead atoms. The van der Waals surface area contributed by atoms with Crippen LogP contribution in [0.5, 0.6) is 5.75 Å². The van der Waals surface area contributed by atoms with Gasteiger partial charge in [0.25, 0.3) is 10.0 Å². The average molecular weight is 697 g/mol. The Hall–Kier alpha value is -4.05. The monoisotopic (exact) mass is 695 g/mol. The Balaban J connectivity index is 1.85. The zero-order valence-corrected chi connectivity index (χ0v) is 29.1. The summed E-state index contributed by atoms with van der Waals surface area (Å²) < 4.78 is 34.9. The number of carbonyl (C=O) groups is 2. The van der Waals surface area contributed by atoms with Gasteiger partial charge in [0.2, 0.25) is 11.8 Å². The van der Waals surface area contributed by atoms with Crippen LogP contribution in [0.15, 0.2) is 102 Å². The normalized spacial score (nSPS) is 12.6. The molecule has 0 aliphatic carbocycles. The number of amides is 2. The number of rotatable bonds is 14. The number of methoxy groups -OCH3 is 1. The summed E-state index contributed by atoms with van der Waals surface area (Å²) in [5, 5.41) is 3.64. The van der Waals surface area contributed by atoms with Gasteiger partial charge in [-0.1, -0.05) is 90.3 Å². The molecule has 0 saturated heterocycles. The van der Waals surface area contributed by atoms with Gasteiger partial charge in [-0.05, 0) is 62.2 Å². The van der Waals surface area contributed by atoms with E-state index in [0.717, 1.165) is 15.4 Å². The lowest BCUT2D eigenvalue weighted by Gasteiger charge is -2.34. The largest absolute Gasteiger partial charge is 0.497 e. The first-order chi connectivity index (χ1) is 22.4. The van der Waals surface area contributed by atoms with Crippen LogP contribution in [0.1, 0.15) is 37.0 Å². The number of nitrogens with zero attached hydrogens (tertiary/aromatic N) is 2. The predicted octanol–water partition coefficient (Wildman–Crippen LogP) is 7.06. The number of hydrogen-bond donors (Lipinski definition) is 1. The summed E-state index contributed by atoms with van der Waals surface area (Å²) in [6, 6.07) is 26.0. The van der Waals surface area contributed by atoms with Crippen LogP contribution in [-0.2, 0) is 32.6 Å². The highest BCUT2D eigenvalue weighted by atomic mass is 35.5. The standard InChI is InChI=1S/C36H39Cl2N3O5S/c1-5-26(3)39-36(43)34(21-27-11-7-6-8-12-27)40(23-31-32(37)15-10-16-33(31)38)35(42)24-41(28-13-9-14-29(22-28)46-4)47(44,45)30-19-17-25(2)18-20-30/h6-20,22,26,34H,5,21,23-24H2,1-4H3,(H,39,43)/t26-,34-/m1/s1. The topological polar surface area (TPSA) is 96.0 Å². The van der Waals surface area contributed by atoms with Crippen molar-refractivity contribution in [3.05, 3.63) is 124 Å². The number of benzene rings is 4. The van der Waals surface area contributed by atoms with Crippen molar-refractivity contribution in [3.8, 4) is 5.75 Å². The lowest BCUT2D eigenvalue weighted by Crippen LogP contribution is -2.54. The third-order valence-electron chi connectivity index (χ3n) is 7.89. The van der Waals surface area contributed by atoms with Crippen LogP contribution < -0.4 is 14.4 Å². The summed E-state index contributed by atoms with van der Waals surface area (Å²) in [7, 11) is -2.79. The van der Waals surface area contributed by atoms with Gasteiger partial charge in [-0.3, -0.25) is 13.9 Å². The molecule has 248 valence electrons. The van der Waals surface area contributed by atoms with Gasteiger partial charge in [-0.2, -0.15) is 0 Å². The molecule has 4 rings (SSSR count). The SMILES string of the molecule is CC[C@@H](C)NC(=O)[C@@H](Cc1ccccc1)N(Cc1c(Cl)cccc1Cl)C(=O)CN(c1cccc(OC)c1)S(=O)(=O)c1ccc(C)cc1. The number of sulfonamides is 1. The van der Waals surface area contributed by atoms with Gasteiger partial charge in [0.05, 0.1) is 17.7 Å². The Bertz CT molecular complexity index is 1770. The Kier molecular flexibility index (Phi) is 12.3. The van der Waals surface area contributed by atoms with E-state index in [4.69, 9.17) is 27.9 Å². The number of hydrogen-bond acceptors (Lipinski definition) is 5. The maximum Gasteiger partial charge on any atom is 0.264 e. The van der Waals surface area contributed by atoms with Crippen molar-refractivity contribution in [1.29, 1.82) is 0 Å². The number of ether oxygens (including phenoxy) is 1. The van der Waals surface area contributed by atoms with Crippen molar-refractivity contribution in [2.45, 2.75) is 57.1 Å². The number of carbonyl (C=O) groups excluding carboxylic acids is 2.